The third-order valence-electron chi connectivity index (χ3n) is 1.56. The SMILES string of the molecule is CC(C)CC(C(=O)O)N(C)N=O. The Balaban J connectivity index is 4.22. The molecule has 0 heterocycles. The number of hydrogen-bond donors (Lipinski definition) is 1. The highest BCUT2D eigenvalue weighted by molar-refractivity contribution is 5.73. The minimum atomic E-state index is -1.01. The standard InChI is InChI=1S/C7H14N2O3/c1-5(2)4-6(7(10)11)9(3)8-12/h5-6H,4H2,1-3H3,(H,10,11). The van der Waals surface area contributed by atoms with Gasteiger partial charge in [0, 0.05) is 7.05 Å². The van der Waals surface area contributed by atoms with E-state index in [4.69, 9.17) is 5.11 Å². The highest BCUT2D eigenvalue weighted by Gasteiger charge is 2.23. The fourth-order valence-electron chi connectivity index (χ4n) is 0.917. The van der Waals surface area contributed by atoms with E-state index in [0.29, 0.717) is 6.42 Å². The maximum absolute atomic E-state index is 10.6. The summed E-state index contributed by atoms with van der Waals surface area (Å²) in [4.78, 5) is 20.6. The Morgan fingerprint density at radius 2 is 2.08 bits per heavy atom. The number of nitrogens with zero attached hydrogens (tertiary/aromatic N) is 2. The van der Waals surface area contributed by atoms with E-state index in [2.05, 4.69) is 5.29 Å². The van der Waals surface area contributed by atoms with Crippen molar-refractivity contribution in [3.05, 3.63) is 4.91 Å². The first-order valence-electron chi connectivity index (χ1n) is 3.78. The van der Waals surface area contributed by atoms with E-state index in [1.165, 1.54) is 7.05 Å². The molecule has 0 aromatic rings. The molecule has 0 fully saturated rings. The zero-order valence-corrected chi connectivity index (χ0v) is 7.52. The van der Waals surface area contributed by atoms with Gasteiger partial charge in [-0.3, -0.25) is 0 Å². The van der Waals surface area contributed by atoms with Crippen LogP contribution in [-0.2, 0) is 4.79 Å². The molecule has 0 bridgehead atoms. The van der Waals surface area contributed by atoms with E-state index < -0.39 is 12.0 Å². The third kappa shape index (κ3) is 3.32. The molecule has 0 amide bonds. The predicted molar refractivity (Wildman–Crippen MR) is 44.4 cm³/mol. The van der Waals surface area contributed by atoms with Gasteiger partial charge in [0.25, 0.3) is 0 Å². The van der Waals surface area contributed by atoms with Crippen molar-refractivity contribution in [2.45, 2.75) is 26.3 Å². The van der Waals surface area contributed by atoms with E-state index in [0.717, 1.165) is 5.01 Å². The maximum Gasteiger partial charge on any atom is 0.328 e. The molecule has 0 spiro atoms. The smallest absolute Gasteiger partial charge is 0.328 e. The van der Waals surface area contributed by atoms with Gasteiger partial charge < -0.3 is 5.11 Å². The summed E-state index contributed by atoms with van der Waals surface area (Å²) < 4.78 is 0. The van der Waals surface area contributed by atoms with Crippen molar-refractivity contribution in [1.29, 1.82) is 0 Å². The Morgan fingerprint density at radius 3 is 2.33 bits per heavy atom. The van der Waals surface area contributed by atoms with Gasteiger partial charge in [-0.25, -0.2) is 9.80 Å². The zero-order chi connectivity index (χ0) is 9.72. The van der Waals surface area contributed by atoms with Crippen LogP contribution in [0.5, 0.6) is 0 Å². The first kappa shape index (κ1) is 10.9. The maximum atomic E-state index is 10.6. The molecule has 0 aliphatic carbocycles. The molecule has 0 aliphatic heterocycles. The molecule has 12 heavy (non-hydrogen) atoms. The summed E-state index contributed by atoms with van der Waals surface area (Å²) >= 11 is 0. The summed E-state index contributed by atoms with van der Waals surface area (Å²) in [6.45, 7) is 3.79. The molecule has 1 N–H and O–H groups in total. The summed E-state index contributed by atoms with van der Waals surface area (Å²) in [5.41, 5.74) is 0. The summed E-state index contributed by atoms with van der Waals surface area (Å²) in [7, 11) is 1.37. The Bertz CT molecular complexity index is 170. The fraction of sp³-hybridized carbons (Fsp3) is 0.857. The average molecular weight is 174 g/mol. The van der Waals surface area contributed by atoms with Crippen LogP contribution in [0.25, 0.3) is 0 Å². The van der Waals surface area contributed by atoms with Crippen molar-refractivity contribution >= 4 is 5.97 Å². The molecule has 5 heteroatoms. The largest absolute Gasteiger partial charge is 0.480 e. The van der Waals surface area contributed by atoms with Crippen molar-refractivity contribution in [2.24, 2.45) is 11.2 Å². The fourth-order valence-corrected chi connectivity index (χ4v) is 0.917. The van der Waals surface area contributed by atoms with Crippen LogP contribution in [0.1, 0.15) is 20.3 Å². The first-order valence-corrected chi connectivity index (χ1v) is 3.78. The molecule has 0 radical (unpaired) electrons. The van der Waals surface area contributed by atoms with Gasteiger partial charge in [-0.05, 0) is 12.3 Å². The molecule has 1 atom stereocenters. The van der Waals surface area contributed by atoms with Crippen LogP contribution in [0.2, 0.25) is 0 Å². The van der Waals surface area contributed by atoms with Crippen molar-refractivity contribution in [3.8, 4) is 0 Å². The monoisotopic (exact) mass is 174 g/mol. The topological polar surface area (TPSA) is 70.0 Å². The van der Waals surface area contributed by atoms with Crippen molar-refractivity contribution in [2.75, 3.05) is 7.05 Å². The van der Waals surface area contributed by atoms with Crippen LogP contribution in [0.15, 0.2) is 5.29 Å². The van der Waals surface area contributed by atoms with Gasteiger partial charge in [-0.2, -0.15) is 0 Å². The molecule has 0 rings (SSSR count). The number of nitroso groups, excluding NO2 is 1. The molecule has 0 aromatic carbocycles. The molecule has 0 aliphatic rings. The van der Waals surface area contributed by atoms with Crippen LogP contribution in [-0.4, -0.2) is 29.2 Å². The lowest BCUT2D eigenvalue weighted by atomic mass is 10.0. The molecular formula is C7H14N2O3. The van der Waals surface area contributed by atoms with Crippen LogP contribution in [0.4, 0.5) is 0 Å². The van der Waals surface area contributed by atoms with Gasteiger partial charge in [-0.1, -0.05) is 13.8 Å². The molecule has 70 valence electrons. The lowest BCUT2D eigenvalue weighted by molar-refractivity contribution is -0.143. The van der Waals surface area contributed by atoms with Gasteiger partial charge in [0.05, 0.1) is 5.29 Å². The normalized spacial score (nSPS) is 12.7. The lowest BCUT2D eigenvalue weighted by Gasteiger charge is -2.19. The van der Waals surface area contributed by atoms with Crippen molar-refractivity contribution in [1.82, 2.24) is 5.01 Å². The van der Waals surface area contributed by atoms with E-state index in [9.17, 15) is 9.70 Å². The Hall–Kier alpha value is -1.13. The Morgan fingerprint density at radius 1 is 1.58 bits per heavy atom. The van der Waals surface area contributed by atoms with Crippen molar-refractivity contribution in [3.63, 3.8) is 0 Å². The minimum absolute atomic E-state index is 0.232. The first-order chi connectivity index (χ1) is 5.49. The average Bonchev–Trinajstić information content (AvgIpc) is 1.98. The predicted octanol–water partition coefficient (Wildman–Crippen LogP) is 1.10. The van der Waals surface area contributed by atoms with Gasteiger partial charge in [0.2, 0.25) is 0 Å². The van der Waals surface area contributed by atoms with Gasteiger partial charge in [0.1, 0.15) is 6.04 Å². The minimum Gasteiger partial charge on any atom is -0.480 e. The number of likely N-dealkylation sites (N-methyl/N-ethyl adjacent to an activating group) is 1. The van der Waals surface area contributed by atoms with Gasteiger partial charge in [-0.15, -0.1) is 4.91 Å². The van der Waals surface area contributed by atoms with Crippen LogP contribution >= 0.6 is 0 Å². The molecule has 5 nitrogen and oxygen atoms in total. The van der Waals surface area contributed by atoms with Gasteiger partial charge >= 0.3 is 5.97 Å². The van der Waals surface area contributed by atoms with Gasteiger partial charge in [0.15, 0.2) is 0 Å². The van der Waals surface area contributed by atoms with E-state index >= 15 is 0 Å². The Kier molecular flexibility index (Phi) is 4.25. The number of carboxylic acids is 1. The summed E-state index contributed by atoms with van der Waals surface area (Å²) in [5.74, 6) is -0.777. The Labute approximate surface area is 71.3 Å². The molecule has 0 aromatic heterocycles. The second-order valence-corrected chi connectivity index (χ2v) is 3.14. The summed E-state index contributed by atoms with van der Waals surface area (Å²) in [6, 6.07) is -0.803. The number of hydrogen-bond acceptors (Lipinski definition) is 3. The molecule has 0 saturated carbocycles. The zero-order valence-electron chi connectivity index (χ0n) is 7.52. The highest BCUT2D eigenvalue weighted by atomic mass is 16.4. The summed E-state index contributed by atoms with van der Waals surface area (Å²) in [6.07, 6.45) is 0.428. The van der Waals surface area contributed by atoms with Crippen LogP contribution < -0.4 is 0 Å². The summed E-state index contributed by atoms with van der Waals surface area (Å²) in [5, 5.41) is 12.2. The second kappa shape index (κ2) is 4.69. The molecule has 1 unspecified atom stereocenters. The highest BCUT2D eigenvalue weighted by Crippen LogP contribution is 2.10. The second-order valence-electron chi connectivity index (χ2n) is 3.14. The van der Waals surface area contributed by atoms with Crippen molar-refractivity contribution < 1.29 is 9.90 Å². The number of aliphatic carboxylic acids is 1. The van der Waals surface area contributed by atoms with Crippen LogP contribution in [0.3, 0.4) is 0 Å². The molecule has 0 saturated heterocycles. The number of rotatable bonds is 5. The van der Waals surface area contributed by atoms with E-state index in [-0.39, 0.29) is 5.92 Å². The quantitative estimate of drug-likeness (QED) is 0.500. The number of carbonyl (C=O) groups is 1. The lowest BCUT2D eigenvalue weighted by Crippen LogP contribution is -2.35. The third-order valence-corrected chi connectivity index (χ3v) is 1.56. The molecular weight excluding hydrogens is 160 g/mol. The van der Waals surface area contributed by atoms with E-state index in [1.807, 2.05) is 13.8 Å². The van der Waals surface area contributed by atoms with Crippen LogP contribution in [0, 0.1) is 10.8 Å². The van der Waals surface area contributed by atoms with E-state index in [1.54, 1.807) is 0 Å². The number of carboxylic acid groups (broad SMARTS) is 1.